The van der Waals surface area contributed by atoms with E-state index in [4.69, 9.17) is 4.74 Å². The number of methoxy groups -OCH3 is 1. The summed E-state index contributed by atoms with van der Waals surface area (Å²) in [6.07, 6.45) is 4.21. The van der Waals surface area contributed by atoms with E-state index in [1.807, 2.05) is 19.1 Å². The minimum Gasteiger partial charge on any atom is -0.481 e. The topological polar surface area (TPSA) is 59.3 Å². The molecule has 2 aliphatic rings. The maximum Gasteiger partial charge on any atom is 0.232 e. The number of pyridine rings is 1. The number of ether oxygens (including phenoxy) is 1. The lowest BCUT2D eigenvalue weighted by Gasteiger charge is -2.48. The maximum absolute atomic E-state index is 5.18. The van der Waals surface area contributed by atoms with Crippen molar-refractivity contribution in [1.82, 2.24) is 19.7 Å². The standard InChI is InChI=1S/C22H26N6O/c1-15-6-8-20-17(11-15)5-4-10-27(20)19-13-26(14-19)22-25-24-16(2)28(22)18-7-9-21(29-3)23-12-18/h6-9,11-12,19H,4-5,10,13-14H2,1-3H3. The van der Waals surface area contributed by atoms with E-state index in [-0.39, 0.29) is 0 Å². The molecule has 0 atom stereocenters. The van der Waals surface area contributed by atoms with Crippen LogP contribution in [0.4, 0.5) is 11.6 Å². The summed E-state index contributed by atoms with van der Waals surface area (Å²) in [6.45, 7) is 7.18. The third-order valence-electron chi connectivity index (χ3n) is 5.97. The Morgan fingerprint density at radius 1 is 1.07 bits per heavy atom. The fourth-order valence-electron chi connectivity index (χ4n) is 4.43. The SMILES string of the molecule is COc1ccc(-n2c(C)nnc2N2CC(N3CCCc4cc(C)ccc43)C2)cn1. The van der Waals surface area contributed by atoms with Crippen LogP contribution in [0.25, 0.3) is 5.69 Å². The minimum atomic E-state index is 0.510. The molecule has 29 heavy (non-hydrogen) atoms. The van der Waals surface area contributed by atoms with Crippen LogP contribution in [0.1, 0.15) is 23.4 Å². The molecule has 3 aromatic rings. The molecule has 0 aliphatic carbocycles. The summed E-state index contributed by atoms with van der Waals surface area (Å²) in [5, 5.41) is 8.77. The van der Waals surface area contributed by atoms with Crippen molar-refractivity contribution in [3.8, 4) is 11.6 Å². The molecule has 5 rings (SSSR count). The van der Waals surface area contributed by atoms with Crippen molar-refractivity contribution in [2.45, 2.75) is 32.7 Å². The van der Waals surface area contributed by atoms with E-state index in [0.29, 0.717) is 11.9 Å². The van der Waals surface area contributed by atoms with Crippen molar-refractivity contribution in [1.29, 1.82) is 0 Å². The fourth-order valence-corrected chi connectivity index (χ4v) is 4.43. The Bertz CT molecular complexity index is 1020. The number of benzene rings is 1. The minimum absolute atomic E-state index is 0.510. The van der Waals surface area contributed by atoms with Gasteiger partial charge in [0.05, 0.1) is 25.0 Å². The van der Waals surface area contributed by atoms with E-state index >= 15 is 0 Å². The van der Waals surface area contributed by atoms with Gasteiger partial charge in [-0.25, -0.2) is 4.98 Å². The average Bonchev–Trinajstić information content (AvgIpc) is 3.08. The van der Waals surface area contributed by atoms with Gasteiger partial charge >= 0.3 is 0 Å². The molecule has 1 fully saturated rings. The highest BCUT2D eigenvalue weighted by molar-refractivity contribution is 5.59. The maximum atomic E-state index is 5.18. The molecular weight excluding hydrogens is 364 g/mol. The van der Waals surface area contributed by atoms with Gasteiger partial charge in [0.1, 0.15) is 5.82 Å². The van der Waals surface area contributed by atoms with Crippen LogP contribution in [-0.4, -0.2) is 52.5 Å². The van der Waals surface area contributed by atoms with Gasteiger partial charge in [-0.05, 0) is 44.4 Å². The zero-order valence-electron chi connectivity index (χ0n) is 17.2. The van der Waals surface area contributed by atoms with Crippen LogP contribution in [0.5, 0.6) is 5.88 Å². The summed E-state index contributed by atoms with van der Waals surface area (Å²) in [5.41, 5.74) is 5.18. The van der Waals surface area contributed by atoms with Crippen molar-refractivity contribution in [2.75, 3.05) is 36.5 Å². The van der Waals surface area contributed by atoms with Gasteiger partial charge in [0, 0.05) is 31.4 Å². The van der Waals surface area contributed by atoms with Crippen LogP contribution in [0.15, 0.2) is 36.5 Å². The molecule has 2 aliphatic heterocycles. The van der Waals surface area contributed by atoms with Gasteiger partial charge in [0.25, 0.3) is 0 Å². The monoisotopic (exact) mass is 390 g/mol. The van der Waals surface area contributed by atoms with Gasteiger partial charge in [-0.1, -0.05) is 17.7 Å². The first-order chi connectivity index (χ1) is 14.1. The Morgan fingerprint density at radius 3 is 2.69 bits per heavy atom. The molecule has 7 nitrogen and oxygen atoms in total. The van der Waals surface area contributed by atoms with Crippen molar-refractivity contribution in [2.24, 2.45) is 0 Å². The normalized spacial score (nSPS) is 16.5. The van der Waals surface area contributed by atoms with Crippen LogP contribution in [-0.2, 0) is 6.42 Å². The van der Waals surface area contributed by atoms with Gasteiger partial charge in [-0.3, -0.25) is 4.57 Å². The van der Waals surface area contributed by atoms with E-state index < -0.39 is 0 Å². The highest BCUT2D eigenvalue weighted by atomic mass is 16.5. The van der Waals surface area contributed by atoms with Crippen molar-refractivity contribution in [3.05, 3.63) is 53.5 Å². The van der Waals surface area contributed by atoms with Crippen LogP contribution in [0, 0.1) is 13.8 Å². The van der Waals surface area contributed by atoms with E-state index in [0.717, 1.165) is 37.1 Å². The van der Waals surface area contributed by atoms with Gasteiger partial charge in [0.2, 0.25) is 11.8 Å². The molecule has 1 saturated heterocycles. The van der Waals surface area contributed by atoms with E-state index in [9.17, 15) is 0 Å². The molecule has 150 valence electrons. The number of aryl methyl sites for hydroxylation is 3. The molecule has 0 bridgehead atoms. The first kappa shape index (κ1) is 18.0. The first-order valence-corrected chi connectivity index (χ1v) is 10.2. The summed E-state index contributed by atoms with van der Waals surface area (Å²) in [5.74, 6) is 2.34. The van der Waals surface area contributed by atoms with Crippen LogP contribution >= 0.6 is 0 Å². The zero-order valence-corrected chi connectivity index (χ0v) is 17.2. The van der Waals surface area contributed by atoms with Crippen molar-refractivity contribution >= 4 is 11.6 Å². The Balaban J connectivity index is 1.36. The summed E-state index contributed by atoms with van der Waals surface area (Å²) >= 11 is 0. The highest BCUT2D eigenvalue weighted by Crippen LogP contribution is 2.34. The molecule has 2 aromatic heterocycles. The summed E-state index contributed by atoms with van der Waals surface area (Å²) < 4.78 is 7.24. The molecule has 0 amide bonds. The zero-order chi connectivity index (χ0) is 20.0. The highest BCUT2D eigenvalue weighted by Gasteiger charge is 2.36. The molecular formula is C22H26N6O. The van der Waals surface area contributed by atoms with Crippen LogP contribution in [0.3, 0.4) is 0 Å². The molecule has 0 saturated carbocycles. The number of hydrogen-bond donors (Lipinski definition) is 0. The van der Waals surface area contributed by atoms with Gasteiger partial charge < -0.3 is 14.5 Å². The average molecular weight is 390 g/mol. The summed E-state index contributed by atoms with van der Waals surface area (Å²) in [6, 6.07) is 11.2. The summed E-state index contributed by atoms with van der Waals surface area (Å²) in [7, 11) is 1.62. The quantitative estimate of drug-likeness (QED) is 0.683. The second kappa shape index (κ2) is 7.06. The molecule has 0 radical (unpaired) electrons. The Labute approximate surface area is 170 Å². The van der Waals surface area contributed by atoms with E-state index in [2.05, 4.69) is 54.7 Å². The number of nitrogens with zero attached hydrogens (tertiary/aromatic N) is 6. The second-order valence-corrected chi connectivity index (χ2v) is 7.93. The smallest absolute Gasteiger partial charge is 0.232 e. The largest absolute Gasteiger partial charge is 0.481 e. The summed E-state index contributed by atoms with van der Waals surface area (Å²) in [4.78, 5) is 9.22. The second-order valence-electron chi connectivity index (χ2n) is 7.93. The van der Waals surface area contributed by atoms with Crippen LogP contribution in [0.2, 0.25) is 0 Å². The van der Waals surface area contributed by atoms with Crippen molar-refractivity contribution in [3.63, 3.8) is 0 Å². The third-order valence-corrected chi connectivity index (χ3v) is 5.97. The molecule has 4 heterocycles. The predicted octanol–water partition coefficient (Wildman–Crippen LogP) is 2.93. The lowest BCUT2D eigenvalue weighted by molar-refractivity contribution is 0.397. The number of aromatic nitrogens is 4. The number of anilines is 2. The molecule has 1 aromatic carbocycles. The molecule has 0 unspecified atom stereocenters. The van der Waals surface area contributed by atoms with Gasteiger partial charge in [0.15, 0.2) is 0 Å². The predicted molar refractivity (Wildman–Crippen MR) is 113 cm³/mol. The van der Waals surface area contributed by atoms with E-state index in [1.165, 1.54) is 29.7 Å². The molecule has 0 N–H and O–H groups in total. The lowest BCUT2D eigenvalue weighted by atomic mass is 9.96. The van der Waals surface area contributed by atoms with E-state index in [1.54, 1.807) is 13.3 Å². The van der Waals surface area contributed by atoms with Crippen molar-refractivity contribution < 1.29 is 4.74 Å². The molecule has 7 heteroatoms. The third kappa shape index (κ3) is 3.10. The lowest BCUT2D eigenvalue weighted by Crippen LogP contribution is -2.61. The van der Waals surface area contributed by atoms with Crippen LogP contribution < -0.4 is 14.5 Å². The Kier molecular flexibility index (Phi) is 4.38. The molecule has 0 spiro atoms. The Hall–Kier alpha value is -3.09. The Morgan fingerprint density at radius 2 is 1.93 bits per heavy atom. The van der Waals surface area contributed by atoms with Gasteiger partial charge in [-0.2, -0.15) is 0 Å². The first-order valence-electron chi connectivity index (χ1n) is 10.2. The van der Waals surface area contributed by atoms with Gasteiger partial charge in [-0.15, -0.1) is 10.2 Å². The fraction of sp³-hybridized carbons (Fsp3) is 0.409. The number of fused-ring (bicyclic) bond motifs is 1. The number of rotatable bonds is 4. The number of hydrogen-bond acceptors (Lipinski definition) is 6.